The van der Waals surface area contributed by atoms with Gasteiger partial charge in [0.05, 0.1) is 0 Å². The van der Waals surface area contributed by atoms with E-state index < -0.39 is 5.97 Å². The fraction of sp³-hybridized carbons (Fsp3) is 0.769. The number of esters is 1. The molecule has 1 aliphatic rings. The summed E-state index contributed by atoms with van der Waals surface area (Å²) < 4.78 is 5.13. The van der Waals surface area contributed by atoms with Gasteiger partial charge in [-0.1, -0.05) is 20.8 Å². The number of hydrogen-bond donors (Lipinski definition) is 0. The lowest BCUT2D eigenvalue weighted by atomic mass is 9.72. The molecule has 15 heavy (non-hydrogen) atoms. The van der Waals surface area contributed by atoms with E-state index in [0.717, 1.165) is 31.6 Å². The highest BCUT2D eigenvalue weighted by molar-refractivity contribution is 5.87. The maximum absolute atomic E-state index is 10.9. The van der Waals surface area contributed by atoms with Crippen molar-refractivity contribution in [2.24, 2.45) is 11.3 Å². The lowest BCUT2D eigenvalue weighted by Crippen LogP contribution is -2.30. The third kappa shape index (κ3) is 3.58. The first-order chi connectivity index (χ1) is 6.93. The summed E-state index contributed by atoms with van der Waals surface area (Å²) in [7, 11) is 0. The molecular formula is C13H20O2. The van der Waals surface area contributed by atoms with Gasteiger partial charge < -0.3 is 4.74 Å². The Labute approximate surface area is 92.4 Å². The number of ether oxygens (including phenoxy) is 1. The fourth-order valence-electron chi connectivity index (χ4n) is 2.23. The first kappa shape index (κ1) is 12.1. The molecule has 0 heterocycles. The van der Waals surface area contributed by atoms with Crippen molar-refractivity contribution in [1.82, 2.24) is 0 Å². The van der Waals surface area contributed by atoms with Gasteiger partial charge in [-0.2, -0.15) is 0 Å². The molecule has 1 rings (SSSR count). The molecule has 0 atom stereocenters. The maximum atomic E-state index is 10.9. The van der Waals surface area contributed by atoms with Gasteiger partial charge >= 0.3 is 5.97 Å². The summed E-state index contributed by atoms with van der Waals surface area (Å²) in [6.07, 6.45) is 9.18. The summed E-state index contributed by atoms with van der Waals surface area (Å²) in [4.78, 5) is 10.9. The van der Waals surface area contributed by atoms with Gasteiger partial charge in [0.1, 0.15) is 6.10 Å². The van der Waals surface area contributed by atoms with Crippen molar-refractivity contribution in [2.45, 2.75) is 52.6 Å². The number of hydrogen-bond acceptors (Lipinski definition) is 2. The third-order valence-electron chi connectivity index (χ3n) is 3.29. The smallest absolute Gasteiger partial charge is 0.384 e. The van der Waals surface area contributed by atoms with Gasteiger partial charge in [0.2, 0.25) is 0 Å². The second-order valence-electron chi connectivity index (χ2n) is 5.39. The van der Waals surface area contributed by atoms with Gasteiger partial charge in [0, 0.05) is 5.92 Å². The molecule has 1 fully saturated rings. The predicted molar refractivity (Wildman–Crippen MR) is 60.1 cm³/mol. The molecule has 2 heteroatoms. The fourth-order valence-corrected chi connectivity index (χ4v) is 2.23. The summed E-state index contributed by atoms with van der Waals surface area (Å²) in [5, 5.41) is 0. The molecule has 1 saturated carbocycles. The zero-order valence-corrected chi connectivity index (χ0v) is 9.88. The zero-order chi connectivity index (χ0) is 11.5. The Balaban J connectivity index is 2.37. The molecule has 0 saturated heterocycles. The van der Waals surface area contributed by atoms with Crippen LogP contribution < -0.4 is 0 Å². The van der Waals surface area contributed by atoms with Crippen molar-refractivity contribution in [2.75, 3.05) is 0 Å². The Morgan fingerprint density at radius 3 is 2.20 bits per heavy atom. The number of carbonyl (C=O) groups excluding carboxylic acids is 1. The van der Waals surface area contributed by atoms with Crippen LogP contribution in [0.2, 0.25) is 0 Å². The highest BCUT2D eigenvalue weighted by Gasteiger charge is 2.30. The van der Waals surface area contributed by atoms with E-state index in [4.69, 9.17) is 11.2 Å². The Hall–Kier alpha value is -0.970. The van der Waals surface area contributed by atoms with Gasteiger partial charge in [-0.3, -0.25) is 0 Å². The van der Waals surface area contributed by atoms with Crippen LogP contribution in [-0.4, -0.2) is 12.1 Å². The topological polar surface area (TPSA) is 26.3 Å². The molecule has 0 bridgehead atoms. The highest BCUT2D eigenvalue weighted by Crippen LogP contribution is 2.38. The van der Waals surface area contributed by atoms with Crippen LogP contribution in [0.5, 0.6) is 0 Å². The lowest BCUT2D eigenvalue weighted by Gasteiger charge is -2.36. The predicted octanol–water partition coefficient (Wildman–Crippen LogP) is 2.77. The van der Waals surface area contributed by atoms with Crippen LogP contribution in [0.4, 0.5) is 0 Å². The van der Waals surface area contributed by atoms with Crippen LogP contribution in [0.25, 0.3) is 0 Å². The second kappa shape index (κ2) is 4.70. The highest BCUT2D eigenvalue weighted by atomic mass is 16.5. The second-order valence-corrected chi connectivity index (χ2v) is 5.39. The maximum Gasteiger partial charge on any atom is 0.384 e. The summed E-state index contributed by atoms with van der Waals surface area (Å²) in [6, 6.07) is 0. The van der Waals surface area contributed by atoms with Crippen molar-refractivity contribution in [1.29, 1.82) is 0 Å². The third-order valence-corrected chi connectivity index (χ3v) is 3.29. The number of terminal acetylenes is 1. The average molecular weight is 208 g/mol. The van der Waals surface area contributed by atoms with Crippen molar-refractivity contribution in [3.63, 3.8) is 0 Å². The molecule has 2 nitrogen and oxygen atoms in total. The van der Waals surface area contributed by atoms with Crippen LogP contribution in [0, 0.1) is 23.7 Å². The van der Waals surface area contributed by atoms with Gasteiger partial charge in [-0.25, -0.2) is 4.79 Å². The first-order valence-corrected chi connectivity index (χ1v) is 5.60. The minimum absolute atomic E-state index is 0.0483. The SMILES string of the molecule is C#CC(=O)OC1CCC(C(C)(C)C)CC1. The molecule has 0 aliphatic heterocycles. The molecule has 0 unspecified atom stereocenters. The Bertz CT molecular complexity index is 259. The van der Waals surface area contributed by atoms with Crippen LogP contribution in [0.3, 0.4) is 0 Å². The van der Waals surface area contributed by atoms with E-state index in [0.29, 0.717) is 5.41 Å². The van der Waals surface area contributed by atoms with Crippen molar-refractivity contribution >= 4 is 5.97 Å². The largest absolute Gasteiger partial charge is 0.453 e. The van der Waals surface area contributed by atoms with Gasteiger partial charge in [-0.05, 0) is 37.0 Å². The van der Waals surface area contributed by atoms with E-state index in [-0.39, 0.29) is 6.10 Å². The van der Waals surface area contributed by atoms with Crippen molar-refractivity contribution in [3.8, 4) is 12.3 Å². The summed E-state index contributed by atoms with van der Waals surface area (Å²) in [5.74, 6) is 2.21. The standard InChI is InChI=1S/C13H20O2/c1-5-12(14)15-11-8-6-10(7-9-11)13(2,3)4/h1,10-11H,6-9H2,2-4H3. The van der Waals surface area contributed by atoms with Gasteiger partial charge in [0.15, 0.2) is 0 Å². The van der Waals surface area contributed by atoms with Crippen LogP contribution in [0.15, 0.2) is 0 Å². The monoisotopic (exact) mass is 208 g/mol. The van der Waals surface area contributed by atoms with Gasteiger partial charge in [0.25, 0.3) is 0 Å². The molecule has 0 aromatic carbocycles. The molecule has 1 aliphatic carbocycles. The molecule has 84 valence electrons. The zero-order valence-electron chi connectivity index (χ0n) is 9.88. The quantitative estimate of drug-likeness (QED) is 0.376. The summed E-state index contributed by atoms with van der Waals surface area (Å²) in [5.41, 5.74) is 0.362. The molecule has 0 N–H and O–H groups in total. The van der Waals surface area contributed by atoms with E-state index in [2.05, 4.69) is 20.8 Å². The van der Waals surface area contributed by atoms with E-state index in [9.17, 15) is 4.79 Å². The molecule has 0 radical (unpaired) electrons. The Morgan fingerprint density at radius 1 is 1.27 bits per heavy atom. The van der Waals surface area contributed by atoms with E-state index in [1.54, 1.807) is 0 Å². The summed E-state index contributed by atoms with van der Waals surface area (Å²) >= 11 is 0. The molecule has 0 aromatic heterocycles. The van der Waals surface area contributed by atoms with Crippen LogP contribution >= 0.6 is 0 Å². The van der Waals surface area contributed by atoms with Crippen LogP contribution in [0.1, 0.15) is 46.5 Å². The Morgan fingerprint density at radius 2 is 1.80 bits per heavy atom. The van der Waals surface area contributed by atoms with Gasteiger partial charge in [-0.15, -0.1) is 6.42 Å². The molecule has 0 aromatic rings. The van der Waals surface area contributed by atoms with Crippen molar-refractivity contribution < 1.29 is 9.53 Å². The molecule has 0 spiro atoms. The first-order valence-electron chi connectivity index (χ1n) is 5.60. The molecule has 0 amide bonds. The normalized spacial score (nSPS) is 26.8. The van der Waals surface area contributed by atoms with E-state index in [1.165, 1.54) is 0 Å². The minimum Gasteiger partial charge on any atom is -0.453 e. The number of carbonyl (C=O) groups is 1. The van der Waals surface area contributed by atoms with Crippen molar-refractivity contribution in [3.05, 3.63) is 0 Å². The average Bonchev–Trinajstić information content (AvgIpc) is 2.17. The van der Waals surface area contributed by atoms with E-state index >= 15 is 0 Å². The number of rotatable bonds is 1. The Kier molecular flexibility index (Phi) is 3.79. The minimum atomic E-state index is -0.519. The lowest BCUT2D eigenvalue weighted by molar-refractivity contribution is -0.144. The van der Waals surface area contributed by atoms with E-state index in [1.807, 2.05) is 5.92 Å². The summed E-state index contributed by atoms with van der Waals surface area (Å²) in [6.45, 7) is 6.81. The van der Waals surface area contributed by atoms with Crippen LogP contribution in [-0.2, 0) is 9.53 Å². The molecular weight excluding hydrogens is 188 g/mol.